The molecular weight excluding hydrogens is 424 g/mol. The second-order valence-corrected chi connectivity index (χ2v) is 9.37. The zero-order valence-corrected chi connectivity index (χ0v) is 18.6. The lowest BCUT2D eigenvalue weighted by molar-refractivity contribution is -0.118. The number of hydrogen-bond acceptors (Lipinski definition) is 8. The number of nitrogens with zero attached hydrogens (tertiary/aromatic N) is 2. The van der Waals surface area contributed by atoms with E-state index in [1.807, 2.05) is 24.3 Å². The molecule has 3 aromatic rings. The number of carbonyl (C=O) groups excluding carboxylic acids is 1. The van der Waals surface area contributed by atoms with Gasteiger partial charge >= 0.3 is 0 Å². The third-order valence-electron chi connectivity index (χ3n) is 3.80. The summed E-state index contributed by atoms with van der Waals surface area (Å²) < 4.78 is 6.06. The van der Waals surface area contributed by atoms with Crippen LogP contribution in [0.4, 0.5) is 10.8 Å². The maximum absolute atomic E-state index is 12.0. The lowest BCUT2D eigenvalue weighted by Gasteiger charge is -2.07. The average molecular weight is 447 g/mol. The molecule has 0 saturated heterocycles. The Hall–Kier alpha value is -2.23. The van der Waals surface area contributed by atoms with Crippen LogP contribution in [-0.2, 0) is 4.79 Å². The molecule has 1 heterocycles. The Bertz CT molecular complexity index is 931. The minimum Gasteiger partial charge on any atom is -0.495 e. The van der Waals surface area contributed by atoms with Crippen molar-refractivity contribution in [1.82, 2.24) is 15.5 Å². The Kier molecular flexibility index (Phi) is 8.21. The summed E-state index contributed by atoms with van der Waals surface area (Å²) in [6.07, 6.45) is 0. The highest BCUT2D eigenvalue weighted by molar-refractivity contribution is 8.01. The highest BCUT2D eigenvalue weighted by Gasteiger charge is 2.10. The van der Waals surface area contributed by atoms with Gasteiger partial charge in [-0.05, 0) is 31.2 Å². The lowest BCUT2D eigenvalue weighted by Crippen LogP contribution is -2.27. The Labute approximate surface area is 182 Å². The van der Waals surface area contributed by atoms with Crippen molar-refractivity contribution < 1.29 is 9.53 Å². The van der Waals surface area contributed by atoms with Crippen molar-refractivity contribution in [2.24, 2.45) is 0 Å². The number of aromatic nitrogens is 2. The number of hydrogen-bond donors (Lipinski definition) is 2. The largest absolute Gasteiger partial charge is 0.495 e. The molecule has 1 aromatic heterocycles. The second kappa shape index (κ2) is 11.1. The zero-order valence-electron chi connectivity index (χ0n) is 16.2. The molecule has 0 aliphatic rings. The van der Waals surface area contributed by atoms with Crippen molar-refractivity contribution in [3.05, 3.63) is 54.1 Å². The van der Waals surface area contributed by atoms with Crippen LogP contribution in [-0.4, -0.2) is 41.3 Å². The van der Waals surface area contributed by atoms with Gasteiger partial charge in [0.2, 0.25) is 11.0 Å². The third-order valence-corrected chi connectivity index (χ3v) is 6.78. The van der Waals surface area contributed by atoms with Crippen LogP contribution in [0.1, 0.15) is 5.56 Å². The Morgan fingerprint density at radius 2 is 1.90 bits per heavy atom. The smallest absolute Gasteiger partial charge is 0.230 e. The minimum absolute atomic E-state index is 0.00561. The second-order valence-electron chi connectivity index (χ2n) is 6.00. The monoisotopic (exact) mass is 446 g/mol. The van der Waals surface area contributed by atoms with Gasteiger partial charge in [0.1, 0.15) is 5.75 Å². The van der Waals surface area contributed by atoms with E-state index >= 15 is 0 Å². The van der Waals surface area contributed by atoms with Crippen molar-refractivity contribution in [3.8, 4) is 5.75 Å². The predicted octanol–water partition coefficient (Wildman–Crippen LogP) is 4.60. The SMILES string of the molecule is COc1ccccc1Nc1nnc(SCC(=O)NCCSc2ccc(C)cc2)s1. The maximum Gasteiger partial charge on any atom is 0.230 e. The fraction of sp³-hybridized carbons (Fsp3) is 0.250. The average Bonchev–Trinajstić information content (AvgIpc) is 3.19. The highest BCUT2D eigenvalue weighted by atomic mass is 32.2. The van der Waals surface area contributed by atoms with Crippen LogP contribution in [0, 0.1) is 6.92 Å². The standard InChI is InChI=1S/C20H22N4O2S3/c1-14-7-9-15(10-8-14)27-12-11-21-18(25)13-28-20-24-23-19(29-20)22-16-5-3-4-6-17(16)26-2/h3-10H,11-13H2,1-2H3,(H,21,25)(H,22,23). The number of carbonyl (C=O) groups is 1. The molecule has 0 saturated carbocycles. The molecule has 0 fully saturated rings. The fourth-order valence-electron chi connectivity index (χ4n) is 2.35. The van der Waals surface area contributed by atoms with E-state index in [-0.39, 0.29) is 5.91 Å². The summed E-state index contributed by atoms with van der Waals surface area (Å²) in [6, 6.07) is 16.0. The van der Waals surface area contributed by atoms with Crippen molar-refractivity contribution >= 4 is 51.6 Å². The topological polar surface area (TPSA) is 76.1 Å². The highest BCUT2D eigenvalue weighted by Crippen LogP contribution is 2.31. The third kappa shape index (κ3) is 6.95. The van der Waals surface area contributed by atoms with E-state index in [2.05, 4.69) is 52.0 Å². The summed E-state index contributed by atoms with van der Waals surface area (Å²) in [6.45, 7) is 2.70. The van der Waals surface area contributed by atoms with E-state index < -0.39 is 0 Å². The van der Waals surface area contributed by atoms with Crippen molar-refractivity contribution in [2.75, 3.05) is 30.5 Å². The number of nitrogens with one attached hydrogen (secondary N) is 2. The first kappa shape index (κ1) is 21.5. The molecule has 0 bridgehead atoms. The number of benzene rings is 2. The number of para-hydroxylation sites is 2. The van der Waals surface area contributed by atoms with E-state index in [0.29, 0.717) is 17.4 Å². The van der Waals surface area contributed by atoms with Crippen LogP contribution in [0.2, 0.25) is 0 Å². The molecule has 3 rings (SSSR count). The molecule has 0 radical (unpaired) electrons. The van der Waals surface area contributed by atoms with Crippen LogP contribution in [0.15, 0.2) is 57.8 Å². The molecule has 1 amide bonds. The van der Waals surface area contributed by atoms with Crippen molar-refractivity contribution in [1.29, 1.82) is 0 Å². The molecule has 0 aliphatic carbocycles. The fourth-order valence-corrected chi connectivity index (χ4v) is 4.72. The van der Waals surface area contributed by atoms with Crippen LogP contribution in [0.25, 0.3) is 0 Å². The quantitative estimate of drug-likeness (QED) is 0.348. The van der Waals surface area contributed by atoms with Crippen molar-refractivity contribution in [2.45, 2.75) is 16.2 Å². The van der Waals surface area contributed by atoms with Gasteiger partial charge in [0.05, 0.1) is 18.6 Å². The van der Waals surface area contributed by atoms with Gasteiger partial charge in [-0.2, -0.15) is 0 Å². The van der Waals surface area contributed by atoms with E-state index in [0.717, 1.165) is 21.5 Å². The van der Waals surface area contributed by atoms with Crippen LogP contribution in [0.3, 0.4) is 0 Å². The van der Waals surface area contributed by atoms with Crippen LogP contribution < -0.4 is 15.4 Å². The van der Waals surface area contributed by atoms with E-state index in [9.17, 15) is 4.79 Å². The summed E-state index contributed by atoms with van der Waals surface area (Å²) in [7, 11) is 1.62. The zero-order chi connectivity index (χ0) is 20.5. The van der Waals surface area contributed by atoms with Gasteiger partial charge in [-0.3, -0.25) is 4.79 Å². The van der Waals surface area contributed by atoms with Gasteiger partial charge in [0.15, 0.2) is 4.34 Å². The maximum atomic E-state index is 12.0. The predicted molar refractivity (Wildman–Crippen MR) is 122 cm³/mol. The van der Waals surface area contributed by atoms with Gasteiger partial charge in [-0.15, -0.1) is 22.0 Å². The van der Waals surface area contributed by atoms with Gasteiger partial charge < -0.3 is 15.4 Å². The summed E-state index contributed by atoms with van der Waals surface area (Å²) in [5, 5.41) is 15.0. The molecular formula is C20H22N4O2S3. The van der Waals surface area contributed by atoms with Crippen molar-refractivity contribution in [3.63, 3.8) is 0 Å². The Morgan fingerprint density at radius 3 is 2.69 bits per heavy atom. The summed E-state index contributed by atoms with van der Waals surface area (Å²) in [5.41, 5.74) is 2.07. The molecule has 0 aliphatic heterocycles. The van der Waals surface area contributed by atoms with Gasteiger partial charge in [0.25, 0.3) is 0 Å². The summed E-state index contributed by atoms with van der Waals surface area (Å²) in [5.74, 6) is 1.89. The number of anilines is 2. The molecule has 0 atom stereocenters. The summed E-state index contributed by atoms with van der Waals surface area (Å²) in [4.78, 5) is 13.2. The number of amides is 1. The first-order chi connectivity index (χ1) is 14.1. The molecule has 6 nitrogen and oxygen atoms in total. The molecule has 0 spiro atoms. The normalized spacial score (nSPS) is 10.6. The number of aryl methyl sites for hydroxylation is 1. The van der Waals surface area contributed by atoms with E-state index in [4.69, 9.17) is 4.74 Å². The Morgan fingerprint density at radius 1 is 1.10 bits per heavy atom. The minimum atomic E-state index is -0.00561. The van der Waals surface area contributed by atoms with E-state index in [1.54, 1.807) is 18.9 Å². The molecule has 152 valence electrons. The lowest BCUT2D eigenvalue weighted by atomic mass is 10.2. The van der Waals surface area contributed by atoms with Gasteiger partial charge in [-0.25, -0.2) is 0 Å². The number of thioether (sulfide) groups is 2. The first-order valence-corrected chi connectivity index (χ1v) is 11.8. The molecule has 2 aromatic carbocycles. The molecule has 9 heteroatoms. The van der Waals surface area contributed by atoms with Gasteiger partial charge in [0, 0.05) is 17.2 Å². The van der Waals surface area contributed by atoms with Crippen LogP contribution >= 0.6 is 34.9 Å². The molecule has 29 heavy (non-hydrogen) atoms. The number of rotatable bonds is 10. The first-order valence-electron chi connectivity index (χ1n) is 8.96. The summed E-state index contributed by atoms with van der Waals surface area (Å²) >= 11 is 4.52. The number of ether oxygens (including phenoxy) is 1. The Balaban J connectivity index is 1.37. The molecule has 0 unspecified atom stereocenters. The number of methoxy groups -OCH3 is 1. The van der Waals surface area contributed by atoms with Crippen LogP contribution in [0.5, 0.6) is 5.75 Å². The molecule has 2 N–H and O–H groups in total. The van der Waals surface area contributed by atoms with E-state index in [1.165, 1.54) is 33.6 Å². The van der Waals surface area contributed by atoms with Gasteiger partial charge in [-0.1, -0.05) is 52.9 Å².